The van der Waals surface area contributed by atoms with Gasteiger partial charge in [-0.1, -0.05) is 0 Å². The summed E-state index contributed by atoms with van der Waals surface area (Å²) < 4.78 is 10.5. The van der Waals surface area contributed by atoms with Gasteiger partial charge in [-0.3, -0.25) is 4.99 Å². The lowest BCUT2D eigenvalue weighted by molar-refractivity contribution is 0.354. The lowest BCUT2D eigenvalue weighted by Gasteiger charge is -2.19. The Morgan fingerprint density at radius 2 is 1.94 bits per heavy atom. The van der Waals surface area contributed by atoms with Gasteiger partial charge in [-0.05, 0) is 24.1 Å². The predicted octanol–water partition coefficient (Wildman–Crippen LogP) is 0.470. The molecule has 0 amide bonds. The van der Waals surface area contributed by atoms with Crippen molar-refractivity contribution < 1.29 is 9.47 Å². The number of hydrogen-bond acceptors (Lipinski definition) is 5. The Morgan fingerprint density at radius 3 is 2.56 bits per heavy atom. The molecule has 2 rings (SSSR count). The number of rotatable bonds is 2. The zero-order valence-corrected chi connectivity index (χ0v) is 9.41. The molecule has 0 bridgehead atoms. The zero-order chi connectivity index (χ0) is 11.5. The predicted molar refractivity (Wildman–Crippen MR) is 62.0 cm³/mol. The summed E-state index contributed by atoms with van der Waals surface area (Å²) in [5.41, 5.74) is 4.75. The molecule has 5 heteroatoms. The van der Waals surface area contributed by atoms with E-state index in [1.54, 1.807) is 14.2 Å². The first kappa shape index (κ1) is 10.8. The fraction of sp³-hybridized carbons (Fsp3) is 0.364. The Balaban J connectivity index is 2.52. The maximum absolute atomic E-state index is 5.43. The summed E-state index contributed by atoms with van der Waals surface area (Å²) in [6.45, 7) is 0.738. The van der Waals surface area contributed by atoms with Crippen LogP contribution >= 0.6 is 0 Å². The molecule has 3 N–H and O–H groups in total. The lowest BCUT2D eigenvalue weighted by Crippen LogP contribution is -2.34. The van der Waals surface area contributed by atoms with Crippen molar-refractivity contribution in [1.29, 1.82) is 0 Å². The monoisotopic (exact) mass is 221 g/mol. The van der Waals surface area contributed by atoms with E-state index in [1.807, 2.05) is 12.1 Å². The highest BCUT2D eigenvalue weighted by Crippen LogP contribution is 2.31. The van der Waals surface area contributed by atoms with E-state index >= 15 is 0 Å². The number of methoxy groups -OCH3 is 2. The van der Waals surface area contributed by atoms with Crippen LogP contribution in [0.2, 0.25) is 0 Å². The lowest BCUT2D eigenvalue weighted by atomic mass is 10.00. The fourth-order valence-corrected chi connectivity index (χ4v) is 1.85. The van der Waals surface area contributed by atoms with Gasteiger partial charge < -0.3 is 14.9 Å². The molecule has 1 aliphatic rings. The number of hydrazine groups is 1. The topological polar surface area (TPSA) is 68.9 Å². The summed E-state index contributed by atoms with van der Waals surface area (Å²) in [6.07, 6.45) is 0.890. The van der Waals surface area contributed by atoms with Crippen molar-refractivity contribution in [2.45, 2.75) is 6.42 Å². The van der Waals surface area contributed by atoms with E-state index in [1.165, 1.54) is 5.56 Å². The van der Waals surface area contributed by atoms with Gasteiger partial charge in [0.2, 0.25) is 0 Å². The van der Waals surface area contributed by atoms with E-state index in [-0.39, 0.29) is 0 Å². The molecule has 0 atom stereocenters. The summed E-state index contributed by atoms with van der Waals surface area (Å²) in [7, 11) is 3.24. The number of hydrogen-bond donors (Lipinski definition) is 2. The van der Waals surface area contributed by atoms with E-state index in [0.29, 0.717) is 11.6 Å². The Bertz CT molecular complexity index is 429. The minimum Gasteiger partial charge on any atom is -0.493 e. The molecule has 0 aromatic heterocycles. The van der Waals surface area contributed by atoms with Crippen LogP contribution in [0.1, 0.15) is 11.1 Å². The van der Waals surface area contributed by atoms with Crippen LogP contribution < -0.4 is 20.7 Å². The molecule has 0 unspecified atom stereocenters. The number of benzene rings is 1. The van der Waals surface area contributed by atoms with Crippen molar-refractivity contribution in [3.05, 3.63) is 23.3 Å². The fourth-order valence-electron chi connectivity index (χ4n) is 1.85. The van der Waals surface area contributed by atoms with Gasteiger partial charge in [-0.15, -0.1) is 0 Å². The van der Waals surface area contributed by atoms with Crippen LogP contribution in [0, 0.1) is 0 Å². The Labute approximate surface area is 94.2 Å². The molecule has 1 aromatic carbocycles. The van der Waals surface area contributed by atoms with Crippen LogP contribution in [-0.4, -0.2) is 26.6 Å². The van der Waals surface area contributed by atoms with Crippen molar-refractivity contribution >= 4 is 5.84 Å². The highest BCUT2D eigenvalue weighted by molar-refractivity contribution is 6.01. The number of nitrogens with two attached hydrogens (primary N) is 1. The van der Waals surface area contributed by atoms with Crippen LogP contribution in [0.15, 0.2) is 17.1 Å². The third-order valence-corrected chi connectivity index (χ3v) is 2.65. The summed E-state index contributed by atoms with van der Waals surface area (Å²) in [5, 5.41) is 0. The first-order valence-electron chi connectivity index (χ1n) is 5.06. The molecule has 0 saturated carbocycles. The summed E-state index contributed by atoms with van der Waals surface area (Å²) in [6, 6.07) is 3.87. The average Bonchev–Trinajstić information content (AvgIpc) is 2.36. The molecule has 5 nitrogen and oxygen atoms in total. The van der Waals surface area contributed by atoms with Gasteiger partial charge >= 0.3 is 0 Å². The van der Waals surface area contributed by atoms with Crippen molar-refractivity contribution in [2.24, 2.45) is 10.8 Å². The second-order valence-electron chi connectivity index (χ2n) is 3.49. The minimum atomic E-state index is 0.686. The van der Waals surface area contributed by atoms with Crippen molar-refractivity contribution in [3.8, 4) is 11.5 Å². The highest BCUT2D eigenvalue weighted by atomic mass is 16.5. The number of nitrogens with zero attached hydrogens (tertiary/aromatic N) is 1. The molecule has 0 radical (unpaired) electrons. The molecular formula is C11H15N3O2. The molecule has 0 saturated heterocycles. The van der Waals surface area contributed by atoms with Crippen LogP contribution in [0.5, 0.6) is 11.5 Å². The van der Waals surface area contributed by atoms with Crippen molar-refractivity contribution in [1.82, 2.24) is 5.43 Å². The van der Waals surface area contributed by atoms with Gasteiger partial charge in [-0.25, -0.2) is 5.84 Å². The Kier molecular flexibility index (Phi) is 2.96. The van der Waals surface area contributed by atoms with Gasteiger partial charge in [0, 0.05) is 12.1 Å². The SMILES string of the molecule is COc1cc2c(cc1OC)C(NN)=NCC2. The minimum absolute atomic E-state index is 0.686. The van der Waals surface area contributed by atoms with Crippen LogP contribution in [0.25, 0.3) is 0 Å². The van der Waals surface area contributed by atoms with Crippen LogP contribution in [-0.2, 0) is 6.42 Å². The molecule has 1 heterocycles. The van der Waals surface area contributed by atoms with Gasteiger partial charge in [0.25, 0.3) is 0 Å². The first-order chi connectivity index (χ1) is 7.80. The molecule has 16 heavy (non-hydrogen) atoms. The Morgan fingerprint density at radius 1 is 1.25 bits per heavy atom. The summed E-state index contributed by atoms with van der Waals surface area (Å²) >= 11 is 0. The summed E-state index contributed by atoms with van der Waals surface area (Å²) in [4.78, 5) is 4.30. The standard InChI is InChI=1S/C11H15N3O2/c1-15-9-5-7-3-4-13-11(14-12)8(7)6-10(9)16-2/h5-6H,3-4,12H2,1-2H3,(H,13,14). The molecule has 0 spiro atoms. The van der Waals surface area contributed by atoms with Gasteiger partial charge in [-0.2, -0.15) is 0 Å². The largest absolute Gasteiger partial charge is 0.493 e. The second kappa shape index (κ2) is 4.40. The maximum Gasteiger partial charge on any atom is 0.161 e. The number of ether oxygens (including phenoxy) is 2. The van der Waals surface area contributed by atoms with Crippen LogP contribution in [0.3, 0.4) is 0 Å². The number of nitrogens with one attached hydrogen (secondary N) is 1. The Hall–Kier alpha value is -1.75. The van der Waals surface area contributed by atoms with E-state index in [9.17, 15) is 0 Å². The normalized spacial score (nSPS) is 13.8. The molecule has 86 valence electrons. The van der Waals surface area contributed by atoms with Gasteiger partial charge in [0.05, 0.1) is 14.2 Å². The number of amidine groups is 1. The molecule has 0 aliphatic carbocycles. The van der Waals surface area contributed by atoms with E-state index in [4.69, 9.17) is 15.3 Å². The molecular weight excluding hydrogens is 206 g/mol. The van der Waals surface area contributed by atoms with Crippen molar-refractivity contribution in [3.63, 3.8) is 0 Å². The molecule has 1 aromatic rings. The maximum atomic E-state index is 5.43. The van der Waals surface area contributed by atoms with Crippen LogP contribution in [0.4, 0.5) is 0 Å². The third kappa shape index (κ3) is 1.69. The highest BCUT2D eigenvalue weighted by Gasteiger charge is 2.17. The number of fused-ring (bicyclic) bond motifs is 1. The zero-order valence-electron chi connectivity index (χ0n) is 9.41. The van der Waals surface area contributed by atoms with E-state index in [2.05, 4.69) is 10.4 Å². The quantitative estimate of drug-likeness (QED) is 0.562. The number of aliphatic imine (C=N–C) groups is 1. The summed E-state index contributed by atoms with van der Waals surface area (Å²) in [5.74, 6) is 7.55. The van der Waals surface area contributed by atoms with Gasteiger partial charge in [0.15, 0.2) is 11.5 Å². The smallest absolute Gasteiger partial charge is 0.161 e. The molecule has 0 fully saturated rings. The first-order valence-corrected chi connectivity index (χ1v) is 5.06. The van der Waals surface area contributed by atoms with E-state index < -0.39 is 0 Å². The van der Waals surface area contributed by atoms with Gasteiger partial charge in [0.1, 0.15) is 5.84 Å². The molecule has 1 aliphatic heterocycles. The second-order valence-corrected chi connectivity index (χ2v) is 3.49. The van der Waals surface area contributed by atoms with Crippen molar-refractivity contribution in [2.75, 3.05) is 20.8 Å². The average molecular weight is 221 g/mol. The third-order valence-electron chi connectivity index (χ3n) is 2.65. The van der Waals surface area contributed by atoms with E-state index in [0.717, 1.165) is 24.3 Å².